The Balaban J connectivity index is 2.27. The first kappa shape index (κ1) is 10.2. The summed E-state index contributed by atoms with van der Waals surface area (Å²) in [6.45, 7) is 2.45. The summed E-state index contributed by atoms with van der Waals surface area (Å²) in [6.07, 6.45) is 5.69. The van der Waals surface area contributed by atoms with Gasteiger partial charge in [0.15, 0.2) is 0 Å². The lowest BCUT2D eigenvalue weighted by atomic mass is 9.97. The quantitative estimate of drug-likeness (QED) is 0.803. The second-order valence-electron chi connectivity index (χ2n) is 3.91. The average Bonchev–Trinajstić information content (AvgIpc) is 2.69. The molecule has 2 aromatic heterocycles. The van der Waals surface area contributed by atoms with E-state index in [4.69, 9.17) is 5.11 Å². The van der Waals surface area contributed by atoms with E-state index in [1.54, 1.807) is 6.20 Å². The van der Waals surface area contributed by atoms with Crippen LogP contribution < -0.4 is 0 Å². The topological polar surface area (TPSA) is 48.9 Å². The fraction of sp³-hybridized carbons (Fsp3) is 0.417. The Morgan fingerprint density at radius 3 is 3.20 bits per heavy atom. The Labute approximate surface area is 89.2 Å². The van der Waals surface area contributed by atoms with Gasteiger partial charge in [-0.25, -0.2) is 4.98 Å². The first-order valence-corrected chi connectivity index (χ1v) is 5.35. The lowest BCUT2D eigenvalue weighted by Gasteiger charge is -2.08. The molecule has 0 fully saturated rings. The van der Waals surface area contributed by atoms with Gasteiger partial charge < -0.3 is 10.1 Å². The molecule has 0 spiro atoms. The number of aromatic amines is 1. The van der Waals surface area contributed by atoms with Crippen molar-refractivity contribution in [3.8, 4) is 0 Å². The van der Waals surface area contributed by atoms with Crippen LogP contribution in [0.5, 0.6) is 0 Å². The van der Waals surface area contributed by atoms with E-state index in [2.05, 4.69) is 23.0 Å². The highest BCUT2D eigenvalue weighted by atomic mass is 16.2. The van der Waals surface area contributed by atoms with Crippen LogP contribution in [-0.2, 0) is 0 Å². The van der Waals surface area contributed by atoms with Crippen molar-refractivity contribution in [2.75, 3.05) is 6.61 Å². The Morgan fingerprint density at radius 2 is 2.40 bits per heavy atom. The van der Waals surface area contributed by atoms with Gasteiger partial charge in [0.1, 0.15) is 5.65 Å². The number of hydrogen-bond donors (Lipinski definition) is 2. The highest BCUT2D eigenvalue weighted by Gasteiger charge is 2.10. The zero-order valence-electron chi connectivity index (χ0n) is 8.90. The lowest BCUT2D eigenvalue weighted by molar-refractivity contribution is 0.281. The van der Waals surface area contributed by atoms with Crippen molar-refractivity contribution in [3.05, 3.63) is 30.1 Å². The summed E-state index contributed by atoms with van der Waals surface area (Å²) in [5.41, 5.74) is 2.25. The molecule has 0 aliphatic heterocycles. The van der Waals surface area contributed by atoms with E-state index in [0.717, 1.165) is 18.5 Å². The molecule has 0 aromatic carbocycles. The van der Waals surface area contributed by atoms with Crippen LogP contribution in [0.1, 0.15) is 31.2 Å². The predicted octanol–water partition coefficient (Wildman–Crippen LogP) is 2.44. The molecule has 2 rings (SSSR count). The van der Waals surface area contributed by atoms with Crippen molar-refractivity contribution >= 4 is 11.0 Å². The summed E-state index contributed by atoms with van der Waals surface area (Å²) in [5.74, 6) is 0.468. The van der Waals surface area contributed by atoms with Crippen molar-refractivity contribution in [1.29, 1.82) is 0 Å². The third-order valence-electron chi connectivity index (χ3n) is 2.81. The van der Waals surface area contributed by atoms with E-state index in [0.29, 0.717) is 5.92 Å². The standard InChI is InChI=1S/C12H16N2O/c1-9(4-3-7-15)11-8-14-12-10(11)5-2-6-13-12/h2,5-6,8-9,15H,3-4,7H2,1H3,(H,13,14). The van der Waals surface area contributed by atoms with Gasteiger partial charge in [-0.3, -0.25) is 0 Å². The number of H-pyrrole nitrogens is 1. The Kier molecular flexibility index (Phi) is 3.02. The molecule has 2 N–H and O–H groups in total. The van der Waals surface area contributed by atoms with Gasteiger partial charge in [-0.05, 0) is 36.5 Å². The highest BCUT2D eigenvalue weighted by Crippen LogP contribution is 2.27. The molecule has 0 amide bonds. The number of nitrogens with zero attached hydrogens (tertiary/aromatic N) is 1. The van der Waals surface area contributed by atoms with E-state index < -0.39 is 0 Å². The fourth-order valence-electron chi connectivity index (χ4n) is 1.94. The van der Waals surface area contributed by atoms with Crippen LogP contribution in [0.3, 0.4) is 0 Å². The number of pyridine rings is 1. The fourth-order valence-corrected chi connectivity index (χ4v) is 1.94. The second-order valence-corrected chi connectivity index (χ2v) is 3.91. The minimum absolute atomic E-state index is 0.269. The molecule has 3 nitrogen and oxygen atoms in total. The van der Waals surface area contributed by atoms with Crippen LogP contribution >= 0.6 is 0 Å². The number of rotatable bonds is 4. The summed E-state index contributed by atoms with van der Waals surface area (Å²) in [6, 6.07) is 4.04. The van der Waals surface area contributed by atoms with Crippen LogP contribution in [0, 0.1) is 0 Å². The summed E-state index contributed by atoms with van der Waals surface area (Å²) >= 11 is 0. The monoisotopic (exact) mass is 204 g/mol. The molecule has 0 radical (unpaired) electrons. The van der Waals surface area contributed by atoms with Gasteiger partial charge >= 0.3 is 0 Å². The molecular formula is C12H16N2O. The summed E-state index contributed by atoms with van der Waals surface area (Å²) in [4.78, 5) is 7.43. The van der Waals surface area contributed by atoms with Crippen molar-refractivity contribution in [2.45, 2.75) is 25.7 Å². The average molecular weight is 204 g/mol. The predicted molar refractivity (Wildman–Crippen MR) is 60.8 cm³/mol. The Bertz CT molecular complexity index is 436. The molecule has 2 aromatic rings. The minimum Gasteiger partial charge on any atom is -0.396 e. The molecular weight excluding hydrogens is 188 g/mol. The first-order chi connectivity index (χ1) is 7.33. The summed E-state index contributed by atoms with van der Waals surface area (Å²) in [5, 5.41) is 10.0. The van der Waals surface area contributed by atoms with Crippen molar-refractivity contribution < 1.29 is 5.11 Å². The molecule has 2 heterocycles. The Hall–Kier alpha value is -1.35. The molecule has 0 saturated heterocycles. The molecule has 3 heteroatoms. The van der Waals surface area contributed by atoms with Crippen molar-refractivity contribution in [3.63, 3.8) is 0 Å². The SMILES string of the molecule is CC(CCCO)c1c[nH]c2ncccc12. The zero-order chi connectivity index (χ0) is 10.7. The normalized spacial score (nSPS) is 13.2. The van der Waals surface area contributed by atoms with E-state index in [-0.39, 0.29) is 6.61 Å². The number of hydrogen-bond acceptors (Lipinski definition) is 2. The van der Waals surface area contributed by atoms with Crippen LogP contribution in [0.2, 0.25) is 0 Å². The van der Waals surface area contributed by atoms with E-state index in [1.807, 2.05) is 12.3 Å². The van der Waals surface area contributed by atoms with Crippen LogP contribution in [-0.4, -0.2) is 21.7 Å². The minimum atomic E-state index is 0.269. The number of nitrogens with one attached hydrogen (secondary N) is 1. The van der Waals surface area contributed by atoms with E-state index in [9.17, 15) is 0 Å². The van der Waals surface area contributed by atoms with Gasteiger partial charge in [0.25, 0.3) is 0 Å². The largest absolute Gasteiger partial charge is 0.396 e. The third kappa shape index (κ3) is 2.02. The molecule has 1 atom stereocenters. The summed E-state index contributed by atoms with van der Waals surface area (Å²) < 4.78 is 0. The smallest absolute Gasteiger partial charge is 0.137 e. The summed E-state index contributed by atoms with van der Waals surface area (Å²) in [7, 11) is 0. The number of fused-ring (bicyclic) bond motifs is 1. The van der Waals surface area contributed by atoms with Gasteiger partial charge in [0.05, 0.1) is 0 Å². The Morgan fingerprint density at radius 1 is 1.53 bits per heavy atom. The first-order valence-electron chi connectivity index (χ1n) is 5.35. The van der Waals surface area contributed by atoms with Gasteiger partial charge in [-0.15, -0.1) is 0 Å². The van der Waals surface area contributed by atoms with Gasteiger partial charge in [-0.1, -0.05) is 6.92 Å². The van der Waals surface area contributed by atoms with Gasteiger partial charge in [0.2, 0.25) is 0 Å². The molecule has 80 valence electrons. The number of aliphatic hydroxyl groups excluding tert-OH is 1. The molecule has 0 saturated carbocycles. The molecule has 0 aliphatic carbocycles. The molecule has 0 bridgehead atoms. The van der Waals surface area contributed by atoms with Crippen LogP contribution in [0.15, 0.2) is 24.5 Å². The van der Waals surface area contributed by atoms with Crippen LogP contribution in [0.4, 0.5) is 0 Å². The van der Waals surface area contributed by atoms with Gasteiger partial charge in [-0.2, -0.15) is 0 Å². The maximum Gasteiger partial charge on any atom is 0.137 e. The van der Waals surface area contributed by atoms with Gasteiger partial charge in [0, 0.05) is 24.4 Å². The number of aromatic nitrogens is 2. The lowest BCUT2D eigenvalue weighted by Crippen LogP contribution is -1.94. The van der Waals surface area contributed by atoms with Crippen LogP contribution in [0.25, 0.3) is 11.0 Å². The zero-order valence-corrected chi connectivity index (χ0v) is 8.90. The highest BCUT2D eigenvalue weighted by molar-refractivity contribution is 5.79. The maximum absolute atomic E-state index is 8.81. The van der Waals surface area contributed by atoms with E-state index in [1.165, 1.54) is 10.9 Å². The molecule has 15 heavy (non-hydrogen) atoms. The third-order valence-corrected chi connectivity index (χ3v) is 2.81. The molecule has 0 aliphatic rings. The maximum atomic E-state index is 8.81. The molecule has 1 unspecified atom stereocenters. The van der Waals surface area contributed by atoms with Crippen molar-refractivity contribution in [1.82, 2.24) is 9.97 Å². The second kappa shape index (κ2) is 4.45. The number of aliphatic hydroxyl groups is 1. The van der Waals surface area contributed by atoms with E-state index >= 15 is 0 Å². The van der Waals surface area contributed by atoms with Crippen molar-refractivity contribution in [2.24, 2.45) is 0 Å².